The lowest BCUT2D eigenvalue weighted by molar-refractivity contribution is 0.304. The van der Waals surface area contributed by atoms with Crippen LogP contribution in [0.25, 0.3) is 0 Å². The Morgan fingerprint density at radius 3 is 2.83 bits per heavy atom. The zero-order valence-corrected chi connectivity index (χ0v) is 7.81. The Morgan fingerprint density at radius 2 is 2.33 bits per heavy atom. The quantitative estimate of drug-likeness (QED) is 0.631. The van der Waals surface area contributed by atoms with E-state index in [1.807, 2.05) is 0 Å². The van der Waals surface area contributed by atoms with Crippen LogP contribution in [0, 0.1) is 5.92 Å². The van der Waals surface area contributed by atoms with Crippen molar-refractivity contribution in [2.24, 2.45) is 5.92 Å². The minimum Gasteiger partial charge on any atom is -0.311 e. The van der Waals surface area contributed by atoms with E-state index in [4.69, 9.17) is 0 Å². The van der Waals surface area contributed by atoms with E-state index >= 15 is 0 Å². The summed E-state index contributed by atoms with van der Waals surface area (Å²) >= 11 is 0. The molecular weight excluding hydrogens is 146 g/mol. The molecule has 1 saturated heterocycles. The van der Waals surface area contributed by atoms with E-state index in [0.717, 1.165) is 5.92 Å². The van der Waals surface area contributed by atoms with Gasteiger partial charge in [0.15, 0.2) is 0 Å². The van der Waals surface area contributed by atoms with Crippen molar-refractivity contribution in [3.05, 3.63) is 12.7 Å². The highest BCUT2D eigenvalue weighted by Crippen LogP contribution is 2.46. The molecule has 0 aromatic heterocycles. The lowest BCUT2D eigenvalue weighted by Gasteiger charge is -2.29. The zero-order chi connectivity index (χ0) is 8.44. The molecule has 2 fully saturated rings. The van der Waals surface area contributed by atoms with Gasteiger partial charge in [0.2, 0.25) is 0 Å². The van der Waals surface area contributed by atoms with Crippen LogP contribution in [0.2, 0.25) is 0 Å². The van der Waals surface area contributed by atoms with Crippen molar-refractivity contribution in [3.8, 4) is 0 Å². The van der Waals surface area contributed by atoms with E-state index in [1.165, 1.54) is 45.1 Å². The maximum Gasteiger partial charge on any atom is 0.0213 e. The molecule has 0 aromatic carbocycles. The molecule has 1 N–H and O–H groups in total. The Hall–Kier alpha value is -0.300. The Kier molecular flexibility index (Phi) is 2.22. The first-order valence-corrected chi connectivity index (χ1v) is 5.23. The highest BCUT2D eigenvalue weighted by Gasteiger charge is 2.45. The van der Waals surface area contributed by atoms with Gasteiger partial charge < -0.3 is 5.32 Å². The third-order valence-corrected chi connectivity index (χ3v) is 3.43. The Morgan fingerprint density at radius 1 is 1.50 bits per heavy atom. The van der Waals surface area contributed by atoms with Crippen molar-refractivity contribution >= 4 is 0 Å². The molecule has 0 amide bonds. The van der Waals surface area contributed by atoms with Gasteiger partial charge in [0.05, 0.1) is 0 Å². The molecule has 2 rings (SSSR count). The second kappa shape index (κ2) is 3.21. The smallest absolute Gasteiger partial charge is 0.0213 e. The van der Waals surface area contributed by atoms with Gasteiger partial charge in [-0.3, -0.25) is 0 Å². The van der Waals surface area contributed by atoms with Gasteiger partial charge in [-0.15, -0.1) is 6.58 Å². The van der Waals surface area contributed by atoms with Gasteiger partial charge in [-0.25, -0.2) is 0 Å². The molecule has 1 saturated carbocycles. The van der Waals surface area contributed by atoms with Crippen LogP contribution in [0.15, 0.2) is 12.7 Å². The van der Waals surface area contributed by atoms with Crippen LogP contribution in [0.4, 0.5) is 0 Å². The number of allylic oxidation sites excluding steroid dienone is 1. The lowest BCUT2D eigenvalue weighted by Crippen LogP contribution is -2.41. The summed E-state index contributed by atoms with van der Waals surface area (Å²) in [5.74, 6) is 1.000. The van der Waals surface area contributed by atoms with Crippen LogP contribution in [-0.2, 0) is 0 Å². The monoisotopic (exact) mass is 165 g/mol. The molecule has 1 aliphatic heterocycles. The molecule has 0 spiro atoms. The molecule has 0 aromatic rings. The van der Waals surface area contributed by atoms with Crippen LogP contribution in [0.3, 0.4) is 0 Å². The van der Waals surface area contributed by atoms with Gasteiger partial charge in [-0.1, -0.05) is 6.08 Å². The summed E-state index contributed by atoms with van der Waals surface area (Å²) in [5, 5.41) is 3.72. The third-order valence-electron chi connectivity index (χ3n) is 3.43. The van der Waals surface area contributed by atoms with Crippen molar-refractivity contribution in [1.82, 2.24) is 5.32 Å². The predicted octanol–water partition coefficient (Wildman–Crippen LogP) is 2.48. The molecule has 68 valence electrons. The first-order chi connectivity index (χ1) is 5.87. The Bertz CT molecular complexity index is 164. The summed E-state index contributed by atoms with van der Waals surface area (Å²) in [5.41, 5.74) is 0.536. The number of hydrogen-bond donors (Lipinski definition) is 1. The van der Waals surface area contributed by atoms with E-state index < -0.39 is 0 Å². The molecular formula is C11H19N. The summed E-state index contributed by atoms with van der Waals surface area (Å²) in [6.07, 6.45) is 10.3. The zero-order valence-electron chi connectivity index (χ0n) is 7.81. The normalized spacial score (nSPS) is 35.3. The largest absolute Gasteiger partial charge is 0.311 e. The van der Waals surface area contributed by atoms with Gasteiger partial charge in [0, 0.05) is 5.54 Å². The fourth-order valence-corrected chi connectivity index (χ4v) is 2.59. The lowest BCUT2D eigenvalue weighted by atomic mass is 9.86. The van der Waals surface area contributed by atoms with E-state index in [-0.39, 0.29) is 0 Å². The van der Waals surface area contributed by atoms with E-state index in [1.54, 1.807) is 0 Å². The van der Waals surface area contributed by atoms with Crippen molar-refractivity contribution in [2.45, 2.75) is 44.1 Å². The van der Waals surface area contributed by atoms with Crippen LogP contribution < -0.4 is 5.32 Å². The van der Waals surface area contributed by atoms with Crippen LogP contribution in [0.5, 0.6) is 0 Å². The SMILES string of the molecule is C=CCCC1(C2CC2)CCCN1. The highest BCUT2D eigenvalue weighted by atomic mass is 15.0. The number of nitrogens with one attached hydrogen (secondary N) is 1. The molecule has 1 unspecified atom stereocenters. The van der Waals surface area contributed by atoms with E-state index in [0.29, 0.717) is 5.54 Å². The van der Waals surface area contributed by atoms with Gasteiger partial charge in [-0.05, 0) is 51.0 Å². The summed E-state index contributed by atoms with van der Waals surface area (Å²) < 4.78 is 0. The molecule has 12 heavy (non-hydrogen) atoms. The maximum absolute atomic E-state index is 3.80. The third kappa shape index (κ3) is 1.42. The second-order valence-corrected chi connectivity index (χ2v) is 4.29. The first kappa shape index (κ1) is 8.31. The van der Waals surface area contributed by atoms with Gasteiger partial charge in [-0.2, -0.15) is 0 Å². The fourth-order valence-electron chi connectivity index (χ4n) is 2.59. The van der Waals surface area contributed by atoms with Crippen molar-refractivity contribution < 1.29 is 0 Å². The van der Waals surface area contributed by atoms with Gasteiger partial charge in [0.1, 0.15) is 0 Å². The molecule has 1 aliphatic carbocycles. The average Bonchev–Trinajstić information content (AvgIpc) is 2.84. The topological polar surface area (TPSA) is 12.0 Å². The van der Waals surface area contributed by atoms with Gasteiger partial charge in [0.25, 0.3) is 0 Å². The Labute approximate surface area is 75.2 Å². The van der Waals surface area contributed by atoms with Crippen molar-refractivity contribution in [2.75, 3.05) is 6.54 Å². The number of hydrogen-bond acceptors (Lipinski definition) is 1. The predicted molar refractivity (Wildman–Crippen MR) is 52.1 cm³/mol. The molecule has 1 atom stereocenters. The average molecular weight is 165 g/mol. The minimum atomic E-state index is 0.536. The molecule has 0 radical (unpaired) electrons. The summed E-state index contributed by atoms with van der Waals surface area (Å²) in [6, 6.07) is 0. The van der Waals surface area contributed by atoms with Crippen LogP contribution in [0.1, 0.15) is 38.5 Å². The number of rotatable bonds is 4. The minimum absolute atomic E-state index is 0.536. The van der Waals surface area contributed by atoms with E-state index in [9.17, 15) is 0 Å². The first-order valence-electron chi connectivity index (χ1n) is 5.23. The highest BCUT2D eigenvalue weighted by molar-refractivity contribution is 5.04. The van der Waals surface area contributed by atoms with E-state index in [2.05, 4.69) is 18.0 Å². The molecule has 2 aliphatic rings. The van der Waals surface area contributed by atoms with Crippen molar-refractivity contribution in [1.29, 1.82) is 0 Å². The summed E-state index contributed by atoms with van der Waals surface area (Å²) in [4.78, 5) is 0. The fraction of sp³-hybridized carbons (Fsp3) is 0.818. The van der Waals surface area contributed by atoms with Crippen LogP contribution in [-0.4, -0.2) is 12.1 Å². The second-order valence-electron chi connectivity index (χ2n) is 4.29. The molecule has 1 heteroatoms. The molecule has 0 bridgehead atoms. The Balaban J connectivity index is 1.95. The summed E-state index contributed by atoms with van der Waals surface area (Å²) in [6.45, 7) is 5.05. The van der Waals surface area contributed by atoms with Crippen LogP contribution >= 0.6 is 0 Å². The summed E-state index contributed by atoms with van der Waals surface area (Å²) in [7, 11) is 0. The van der Waals surface area contributed by atoms with Crippen molar-refractivity contribution in [3.63, 3.8) is 0 Å². The molecule has 1 nitrogen and oxygen atoms in total. The standard InChI is InChI=1S/C11H19N/c1-2-3-7-11(10-5-6-10)8-4-9-12-11/h2,10,12H,1,3-9H2. The molecule has 1 heterocycles. The van der Waals surface area contributed by atoms with Gasteiger partial charge >= 0.3 is 0 Å². The maximum atomic E-state index is 3.80.